The summed E-state index contributed by atoms with van der Waals surface area (Å²) < 4.78 is 16.4. The highest BCUT2D eigenvalue weighted by Gasteiger charge is 2.50. The number of likely N-dealkylation sites (tertiary alicyclic amines) is 1. The highest BCUT2D eigenvalue weighted by molar-refractivity contribution is 6.05. The summed E-state index contributed by atoms with van der Waals surface area (Å²) >= 11 is 0. The number of carbonyl (C=O) groups excluding carboxylic acids is 1. The molecular weight excluding hydrogens is 346 g/mol. The minimum Gasteiger partial charge on any atom is -0.502 e. The third-order valence-electron chi connectivity index (χ3n) is 6.25. The van der Waals surface area contributed by atoms with Crippen LogP contribution in [0.1, 0.15) is 24.0 Å². The molecular formula is C21H25NO5. The lowest BCUT2D eigenvalue weighted by Crippen LogP contribution is -2.49. The first-order chi connectivity index (χ1) is 13.0. The minimum absolute atomic E-state index is 0.00544. The van der Waals surface area contributed by atoms with Gasteiger partial charge in [0.2, 0.25) is 11.5 Å². The molecule has 1 aromatic rings. The van der Waals surface area contributed by atoms with Crippen molar-refractivity contribution in [1.29, 1.82) is 0 Å². The van der Waals surface area contributed by atoms with Crippen molar-refractivity contribution in [2.75, 3.05) is 34.9 Å². The topological polar surface area (TPSA) is 68.2 Å². The summed E-state index contributed by atoms with van der Waals surface area (Å²) in [6, 6.07) is 2.05. The Bertz CT molecular complexity index is 872. The number of piperidine rings is 1. The van der Waals surface area contributed by atoms with Crippen molar-refractivity contribution in [3.63, 3.8) is 0 Å². The van der Waals surface area contributed by atoms with Crippen LogP contribution in [0.2, 0.25) is 0 Å². The van der Waals surface area contributed by atoms with Crippen LogP contribution in [0.25, 0.3) is 0 Å². The van der Waals surface area contributed by atoms with Gasteiger partial charge in [-0.25, -0.2) is 0 Å². The van der Waals surface area contributed by atoms with Crippen LogP contribution in [-0.4, -0.2) is 56.8 Å². The number of hydrogen-bond donors (Lipinski definition) is 1. The molecule has 1 fully saturated rings. The number of phenolic OH excluding ortho intramolecular Hbond substituents is 1. The van der Waals surface area contributed by atoms with Crippen molar-refractivity contribution >= 4 is 5.78 Å². The molecule has 0 unspecified atom stereocenters. The molecule has 1 aromatic carbocycles. The fraction of sp³-hybridized carbons (Fsp3) is 0.476. The van der Waals surface area contributed by atoms with E-state index in [0.29, 0.717) is 17.3 Å². The number of aryl methyl sites for hydroxylation is 1. The molecule has 0 saturated carbocycles. The molecule has 3 aliphatic rings. The molecule has 144 valence electrons. The zero-order valence-corrected chi connectivity index (χ0v) is 16.2. The Morgan fingerprint density at radius 1 is 1.22 bits per heavy atom. The Hall–Kier alpha value is -2.47. The molecule has 1 saturated heterocycles. The molecule has 1 N–H and O–H groups in total. The van der Waals surface area contributed by atoms with E-state index < -0.39 is 5.41 Å². The van der Waals surface area contributed by atoms with Gasteiger partial charge in [-0.1, -0.05) is 0 Å². The number of aromatic hydroxyl groups is 1. The first-order valence-electron chi connectivity index (χ1n) is 9.17. The summed E-state index contributed by atoms with van der Waals surface area (Å²) in [5.41, 5.74) is 2.53. The lowest BCUT2D eigenvalue weighted by atomic mass is 9.64. The number of carbonyl (C=O) groups is 1. The normalized spacial score (nSPS) is 27.0. The predicted octanol–water partition coefficient (Wildman–Crippen LogP) is 2.34. The summed E-state index contributed by atoms with van der Waals surface area (Å²) in [5.74, 6) is 1.05. The monoisotopic (exact) mass is 371 g/mol. The third kappa shape index (κ3) is 2.39. The van der Waals surface area contributed by atoms with Crippen molar-refractivity contribution in [2.24, 2.45) is 0 Å². The Balaban J connectivity index is 2.07. The maximum Gasteiger partial charge on any atom is 0.220 e. The van der Waals surface area contributed by atoms with Crippen LogP contribution in [0.15, 0.2) is 29.6 Å². The molecule has 27 heavy (non-hydrogen) atoms. The number of fused-ring (bicyclic) bond motifs is 1. The van der Waals surface area contributed by atoms with Gasteiger partial charge in [0.05, 0.1) is 21.3 Å². The third-order valence-corrected chi connectivity index (χ3v) is 6.25. The zero-order chi connectivity index (χ0) is 19.3. The average molecular weight is 371 g/mol. The van der Waals surface area contributed by atoms with Gasteiger partial charge in [-0.3, -0.25) is 9.69 Å². The molecule has 4 rings (SSSR count). The number of rotatable bonds is 3. The van der Waals surface area contributed by atoms with Crippen LogP contribution >= 0.6 is 0 Å². The highest BCUT2D eigenvalue weighted by atomic mass is 16.5. The van der Waals surface area contributed by atoms with Gasteiger partial charge in [-0.2, -0.15) is 0 Å². The van der Waals surface area contributed by atoms with E-state index in [4.69, 9.17) is 14.2 Å². The van der Waals surface area contributed by atoms with Crippen LogP contribution in [-0.2, 0) is 21.4 Å². The Morgan fingerprint density at radius 3 is 2.67 bits per heavy atom. The van der Waals surface area contributed by atoms with Crippen LogP contribution in [0.5, 0.6) is 17.2 Å². The minimum atomic E-state index is -0.530. The zero-order valence-electron chi connectivity index (χ0n) is 16.2. The standard InChI is InChI=1S/C21H25NO5/c1-22-8-7-21-11-17(26-3)15(23)10-13(21)14(22)6-5-12-9-16(25-2)19(24)20(27-4)18(12)21/h9-11,14,24H,5-8H2,1-4H3/t14-,21+/m0/s1. The molecule has 6 nitrogen and oxygen atoms in total. The molecule has 0 spiro atoms. The number of ketones is 1. The van der Waals surface area contributed by atoms with E-state index in [0.717, 1.165) is 42.5 Å². The van der Waals surface area contributed by atoms with Crippen molar-refractivity contribution in [2.45, 2.75) is 30.7 Å². The quantitative estimate of drug-likeness (QED) is 0.880. The van der Waals surface area contributed by atoms with E-state index in [1.807, 2.05) is 12.1 Å². The number of hydrogen-bond acceptors (Lipinski definition) is 6. The number of ether oxygens (including phenoxy) is 3. The van der Waals surface area contributed by atoms with E-state index in [-0.39, 0.29) is 17.6 Å². The summed E-state index contributed by atoms with van der Waals surface area (Å²) in [6.07, 6.45) is 6.14. The van der Waals surface area contributed by atoms with Crippen molar-refractivity contribution in [1.82, 2.24) is 4.90 Å². The number of allylic oxidation sites excluding steroid dienone is 2. The second kappa shape index (κ2) is 6.30. The second-order valence-corrected chi connectivity index (χ2v) is 7.43. The largest absolute Gasteiger partial charge is 0.502 e. The Labute approximate surface area is 159 Å². The van der Waals surface area contributed by atoms with Gasteiger partial charge in [0, 0.05) is 17.0 Å². The average Bonchev–Trinajstić information content (AvgIpc) is 2.76. The smallest absolute Gasteiger partial charge is 0.220 e. The van der Waals surface area contributed by atoms with Gasteiger partial charge in [-0.15, -0.1) is 0 Å². The van der Waals surface area contributed by atoms with Crippen molar-refractivity contribution < 1.29 is 24.1 Å². The fourth-order valence-corrected chi connectivity index (χ4v) is 4.96. The summed E-state index contributed by atoms with van der Waals surface area (Å²) in [4.78, 5) is 14.9. The molecule has 2 bridgehead atoms. The number of likely N-dealkylation sites (N-methyl/N-ethyl adjacent to an activating group) is 1. The first-order valence-corrected chi connectivity index (χ1v) is 9.17. The Morgan fingerprint density at radius 2 is 2.00 bits per heavy atom. The highest BCUT2D eigenvalue weighted by Crippen LogP contribution is 2.56. The summed E-state index contributed by atoms with van der Waals surface area (Å²) in [7, 11) is 6.71. The molecule has 0 aromatic heterocycles. The number of methoxy groups -OCH3 is 3. The van der Waals surface area contributed by atoms with Gasteiger partial charge >= 0.3 is 0 Å². The first kappa shape index (κ1) is 17.9. The van der Waals surface area contributed by atoms with Gasteiger partial charge in [0.1, 0.15) is 0 Å². The molecule has 1 heterocycles. The van der Waals surface area contributed by atoms with Gasteiger partial charge in [0.25, 0.3) is 0 Å². The van der Waals surface area contributed by atoms with Crippen LogP contribution in [0, 0.1) is 0 Å². The van der Waals surface area contributed by atoms with E-state index in [1.54, 1.807) is 13.2 Å². The summed E-state index contributed by atoms with van der Waals surface area (Å²) in [5, 5.41) is 10.7. The molecule has 2 aliphatic carbocycles. The number of nitrogens with zero attached hydrogens (tertiary/aromatic N) is 1. The molecule has 0 radical (unpaired) electrons. The van der Waals surface area contributed by atoms with Crippen molar-refractivity contribution in [3.8, 4) is 17.2 Å². The molecule has 6 heteroatoms. The van der Waals surface area contributed by atoms with Crippen LogP contribution < -0.4 is 9.47 Å². The van der Waals surface area contributed by atoms with E-state index in [9.17, 15) is 9.90 Å². The second-order valence-electron chi connectivity index (χ2n) is 7.43. The van der Waals surface area contributed by atoms with E-state index in [2.05, 4.69) is 11.9 Å². The fourth-order valence-electron chi connectivity index (χ4n) is 4.96. The van der Waals surface area contributed by atoms with Crippen LogP contribution in [0.4, 0.5) is 0 Å². The predicted molar refractivity (Wildman–Crippen MR) is 100 cm³/mol. The lowest BCUT2D eigenvalue weighted by molar-refractivity contribution is -0.114. The molecule has 2 atom stereocenters. The maximum absolute atomic E-state index is 12.6. The van der Waals surface area contributed by atoms with Crippen molar-refractivity contribution in [3.05, 3.63) is 40.7 Å². The molecule has 0 amide bonds. The van der Waals surface area contributed by atoms with E-state index >= 15 is 0 Å². The van der Waals surface area contributed by atoms with E-state index in [1.165, 1.54) is 14.2 Å². The SMILES string of the molecule is COC1=C[C@@]23CCN(C)[C@@H](CCc4cc(OC)c(O)c(OC)c42)C3=CC1=O. The van der Waals surface area contributed by atoms with Gasteiger partial charge < -0.3 is 19.3 Å². The van der Waals surface area contributed by atoms with Gasteiger partial charge in [0.15, 0.2) is 17.3 Å². The van der Waals surface area contributed by atoms with Crippen LogP contribution in [0.3, 0.4) is 0 Å². The lowest BCUT2D eigenvalue weighted by Gasteiger charge is -2.47. The number of phenols is 1. The molecule has 1 aliphatic heterocycles. The summed E-state index contributed by atoms with van der Waals surface area (Å²) in [6.45, 7) is 0.874. The van der Waals surface area contributed by atoms with Gasteiger partial charge in [-0.05, 0) is 62.2 Å². The Kier molecular flexibility index (Phi) is 4.18. The maximum atomic E-state index is 12.6. The number of benzene rings is 1.